The van der Waals surface area contributed by atoms with E-state index < -0.39 is 0 Å². The number of fused-ring (bicyclic) bond motifs is 1. The van der Waals surface area contributed by atoms with Crippen molar-refractivity contribution in [2.75, 3.05) is 6.54 Å². The molecule has 3 heteroatoms. The molecule has 3 rings (SSSR count). The van der Waals surface area contributed by atoms with Gasteiger partial charge in [0.1, 0.15) is 12.7 Å². The van der Waals surface area contributed by atoms with Crippen LogP contribution in [0.25, 0.3) is 10.9 Å². The Balaban J connectivity index is 2.25. The van der Waals surface area contributed by atoms with Gasteiger partial charge in [0.05, 0.1) is 17.1 Å². The summed E-state index contributed by atoms with van der Waals surface area (Å²) in [5.41, 5.74) is 2.37. The highest BCUT2D eigenvalue weighted by molar-refractivity contribution is 5.96. The van der Waals surface area contributed by atoms with Crippen LogP contribution in [0.5, 0.6) is 0 Å². The van der Waals surface area contributed by atoms with E-state index in [0.29, 0.717) is 4.48 Å². The van der Waals surface area contributed by atoms with E-state index in [9.17, 15) is 0 Å². The van der Waals surface area contributed by atoms with Crippen molar-refractivity contribution in [3.8, 4) is 0 Å². The van der Waals surface area contributed by atoms with Crippen molar-refractivity contribution in [1.82, 2.24) is 9.47 Å². The second-order valence-electron chi connectivity index (χ2n) is 4.18. The Morgan fingerprint density at radius 2 is 2.29 bits per heavy atom. The summed E-state index contributed by atoms with van der Waals surface area (Å²) >= 11 is 0. The summed E-state index contributed by atoms with van der Waals surface area (Å²) in [6.07, 6.45) is 9.77. The molecule has 1 aromatic heterocycles. The van der Waals surface area contributed by atoms with Crippen LogP contribution in [0, 0.1) is 0 Å². The van der Waals surface area contributed by atoms with Crippen LogP contribution in [0.15, 0.2) is 60.5 Å². The number of nitrogens with one attached hydrogen (secondary N) is 1. The minimum atomic E-state index is 0.610. The first-order valence-corrected chi connectivity index (χ1v) is 5.63. The van der Waals surface area contributed by atoms with Crippen LogP contribution in [0.3, 0.4) is 0 Å². The molecule has 0 aliphatic carbocycles. The minimum absolute atomic E-state index is 0.610. The van der Waals surface area contributed by atoms with Crippen LogP contribution >= 0.6 is 0 Å². The second kappa shape index (κ2) is 3.71. The van der Waals surface area contributed by atoms with E-state index in [1.807, 2.05) is 24.8 Å². The quantitative estimate of drug-likeness (QED) is 0.612. The van der Waals surface area contributed by atoms with Gasteiger partial charge in [-0.25, -0.2) is 9.48 Å². The van der Waals surface area contributed by atoms with Gasteiger partial charge in [-0.3, -0.25) is 0 Å². The van der Waals surface area contributed by atoms with E-state index >= 15 is 0 Å². The molecule has 0 fully saturated rings. The van der Waals surface area contributed by atoms with Crippen molar-refractivity contribution in [1.29, 1.82) is 0 Å². The standard InChI is InChI=1S/C14H14N3/c1-2-9-17(10-8-15-11-17)14-5-3-4-13-12(14)6-7-16-13/h2-8,10-11,16H,1,9H2/q+1. The third kappa shape index (κ3) is 1.44. The molecule has 2 aromatic rings. The van der Waals surface area contributed by atoms with Gasteiger partial charge in [0.2, 0.25) is 0 Å². The summed E-state index contributed by atoms with van der Waals surface area (Å²) in [7, 11) is 0. The monoisotopic (exact) mass is 224 g/mol. The van der Waals surface area contributed by atoms with E-state index in [4.69, 9.17) is 0 Å². The lowest BCUT2D eigenvalue weighted by molar-refractivity contribution is 0.628. The molecule has 0 radical (unpaired) electrons. The summed E-state index contributed by atoms with van der Waals surface area (Å²) in [4.78, 5) is 7.47. The molecule has 0 saturated carbocycles. The Labute approximate surface area is 100.0 Å². The number of H-pyrrole nitrogens is 1. The fourth-order valence-corrected chi connectivity index (χ4v) is 2.35. The largest absolute Gasteiger partial charge is 0.361 e. The number of benzene rings is 1. The summed E-state index contributed by atoms with van der Waals surface area (Å²) < 4.78 is 0.610. The maximum atomic E-state index is 4.23. The van der Waals surface area contributed by atoms with Gasteiger partial charge in [0.25, 0.3) is 0 Å². The maximum absolute atomic E-state index is 4.23. The number of quaternary nitrogens is 1. The number of hydrogen-bond donors (Lipinski definition) is 1. The van der Waals surface area contributed by atoms with Gasteiger partial charge >= 0.3 is 0 Å². The predicted molar refractivity (Wildman–Crippen MR) is 72.8 cm³/mol. The fraction of sp³-hybridized carbons (Fsp3) is 0.0714. The third-order valence-corrected chi connectivity index (χ3v) is 3.14. The van der Waals surface area contributed by atoms with Crippen molar-refractivity contribution in [2.45, 2.75) is 0 Å². The van der Waals surface area contributed by atoms with Crippen LogP contribution in [0.4, 0.5) is 5.69 Å². The van der Waals surface area contributed by atoms with Gasteiger partial charge in [-0.15, -0.1) is 0 Å². The smallest absolute Gasteiger partial charge is 0.200 e. The average Bonchev–Trinajstić information content (AvgIpc) is 2.97. The highest BCUT2D eigenvalue weighted by Crippen LogP contribution is 2.32. The molecule has 3 nitrogen and oxygen atoms in total. The van der Waals surface area contributed by atoms with Crippen LogP contribution in [-0.2, 0) is 0 Å². The van der Waals surface area contributed by atoms with Gasteiger partial charge < -0.3 is 4.98 Å². The lowest BCUT2D eigenvalue weighted by atomic mass is 10.1. The number of nitrogens with zero attached hydrogens (tertiary/aromatic N) is 2. The minimum Gasteiger partial charge on any atom is -0.361 e. The Bertz CT molecular complexity index is 607. The molecule has 2 heterocycles. The van der Waals surface area contributed by atoms with Crippen molar-refractivity contribution in [3.05, 3.63) is 55.5 Å². The molecular weight excluding hydrogens is 210 g/mol. The highest BCUT2D eigenvalue weighted by Gasteiger charge is 2.29. The normalized spacial score (nSPS) is 22.4. The zero-order valence-corrected chi connectivity index (χ0v) is 9.50. The first-order valence-electron chi connectivity index (χ1n) is 5.63. The van der Waals surface area contributed by atoms with E-state index in [1.165, 1.54) is 11.1 Å². The topological polar surface area (TPSA) is 28.1 Å². The molecule has 1 unspecified atom stereocenters. The van der Waals surface area contributed by atoms with E-state index in [2.05, 4.69) is 47.0 Å². The first kappa shape index (κ1) is 10.1. The van der Waals surface area contributed by atoms with Gasteiger partial charge in [0, 0.05) is 12.3 Å². The summed E-state index contributed by atoms with van der Waals surface area (Å²) in [6, 6.07) is 8.40. The molecule has 1 aliphatic rings. The molecule has 1 atom stereocenters. The Kier molecular flexibility index (Phi) is 2.20. The highest BCUT2D eigenvalue weighted by atomic mass is 15.4. The van der Waals surface area contributed by atoms with Crippen molar-refractivity contribution >= 4 is 22.9 Å². The van der Waals surface area contributed by atoms with Gasteiger partial charge in [-0.05, 0) is 18.2 Å². The Morgan fingerprint density at radius 3 is 3.06 bits per heavy atom. The Morgan fingerprint density at radius 1 is 1.35 bits per heavy atom. The molecular formula is C14H14N3+. The van der Waals surface area contributed by atoms with Crippen molar-refractivity contribution in [3.63, 3.8) is 0 Å². The third-order valence-electron chi connectivity index (χ3n) is 3.14. The zero-order valence-electron chi connectivity index (χ0n) is 9.50. The van der Waals surface area contributed by atoms with E-state index in [0.717, 1.165) is 12.1 Å². The number of rotatable bonds is 3. The molecule has 0 saturated heterocycles. The van der Waals surface area contributed by atoms with E-state index in [-0.39, 0.29) is 0 Å². The van der Waals surface area contributed by atoms with Gasteiger partial charge in [-0.1, -0.05) is 12.6 Å². The number of aliphatic imine (C=N–C) groups is 1. The Hall–Kier alpha value is -2.13. The molecule has 1 aromatic carbocycles. The van der Waals surface area contributed by atoms with Crippen LogP contribution in [0.1, 0.15) is 0 Å². The molecule has 0 spiro atoms. The zero-order chi connectivity index (χ0) is 11.7. The van der Waals surface area contributed by atoms with Crippen LogP contribution in [0.2, 0.25) is 0 Å². The first-order chi connectivity index (χ1) is 8.36. The lowest BCUT2D eigenvalue weighted by Gasteiger charge is -2.26. The number of aromatic nitrogens is 1. The molecule has 17 heavy (non-hydrogen) atoms. The SMILES string of the molecule is C=CC[N+]1(c2cccc3[nH]ccc23)C=CN=C1. The summed E-state index contributed by atoms with van der Waals surface area (Å²) in [6.45, 7) is 4.65. The van der Waals surface area contributed by atoms with Crippen molar-refractivity contribution < 1.29 is 0 Å². The van der Waals surface area contributed by atoms with Gasteiger partial charge in [-0.2, -0.15) is 0 Å². The average molecular weight is 224 g/mol. The molecule has 0 bridgehead atoms. The van der Waals surface area contributed by atoms with Crippen LogP contribution in [-0.4, -0.2) is 17.9 Å². The summed E-state index contributed by atoms with van der Waals surface area (Å²) in [5, 5.41) is 1.23. The number of aromatic amines is 1. The maximum Gasteiger partial charge on any atom is 0.200 e. The van der Waals surface area contributed by atoms with Crippen LogP contribution < -0.4 is 4.48 Å². The van der Waals surface area contributed by atoms with Gasteiger partial charge in [0.15, 0.2) is 12.0 Å². The number of hydrogen-bond acceptors (Lipinski definition) is 1. The second-order valence-corrected chi connectivity index (χ2v) is 4.18. The molecule has 0 amide bonds. The molecule has 1 aliphatic heterocycles. The van der Waals surface area contributed by atoms with E-state index in [1.54, 1.807) is 0 Å². The fourth-order valence-electron chi connectivity index (χ4n) is 2.35. The van der Waals surface area contributed by atoms with Crippen molar-refractivity contribution in [2.24, 2.45) is 4.99 Å². The summed E-state index contributed by atoms with van der Waals surface area (Å²) in [5.74, 6) is 0. The lowest BCUT2D eigenvalue weighted by Crippen LogP contribution is -2.40. The molecule has 84 valence electrons. The predicted octanol–water partition coefficient (Wildman–Crippen LogP) is 3.17. The molecule has 1 N–H and O–H groups in total.